The molecule has 0 radical (unpaired) electrons. The minimum atomic E-state index is 0.285. The van der Waals surface area contributed by atoms with Gasteiger partial charge in [-0.15, -0.1) is 5.73 Å². The molecule has 0 amide bonds. The molecule has 0 aliphatic heterocycles. The lowest BCUT2D eigenvalue weighted by Crippen LogP contribution is -2.07. The van der Waals surface area contributed by atoms with E-state index in [1.165, 1.54) is 36.8 Å². The minimum absolute atomic E-state index is 0.285. The molecule has 0 aromatic rings. The maximum absolute atomic E-state index is 8.42. The van der Waals surface area contributed by atoms with E-state index in [0.717, 1.165) is 24.0 Å². The van der Waals surface area contributed by atoms with E-state index in [9.17, 15) is 0 Å². The zero-order chi connectivity index (χ0) is 18.8. The molecule has 1 nitrogen and oxygen atoms in total. The summed E-state index contributed by atoms with van der Waals surface area (Å²) in [5.74, 6) is 0.830. The quantitative estimate of drug-likeness (QED) is 0.336. The Kier molecular flexibility index (Phi) is 9.24. The topological polar surface area (TPSA) is 23.9 Å². The van der Waals surface area contributed by atoms with E-state index < -0.39 is 0 Å². The van der Waals surface area contributed by atoms with Crippen LogP contribution in [-0.4, -0.2) is 5.71 Å². The predicted octanol–water partition coefficient (Wildman–Crippen LogP) is 7.35. The van der Waals surface area contributed by atoms with E-state index in [-0.39, 0.29) is 5.92 Å². The molecule has 0 saturated carbocycles. The zero-order valence-electron chi connectivity index (χ0n) is 16.6. The van der Waals surface area contributed by atoms with Gasteiger partial charge in [0.25, 0.3) is 0 Å². The summed E-state index contributed by atoms with van der Waals surface area (Å²) in [5.41, 5.74) is 8.58. The Morgan fingerprint density at radius 3 is 2.52 bits per heavy atom. The normalized spacial score (nSPS) is 18.0. The summed E-state index contributed by atoms with van der Waals surface area (Å²) >= 11 is 0. The Bertz CT molecular complexity index is 614. The van der Waals surface area contributed by atoms with Gasteiger partial charge in [-0.2, -0.15) is 0 Å². The van der Waals surface area contributed by atoms with E-state index in [4.69, 9.17) is 5.41 Å². The molecular formula is C24H35N. The van der Waals surface area contributed by atoms with Crippen molar-refractivity contribution in [3.63, 3.8) is 0 Å². The van der Waals surface area contributed by atoms with Crippen molar-refractivity contribution < 1.29 is 0 Å². The molecule has 1 N–H and O–H groups in total. The van der Waals surface area contributed by atoms with Gasteiger partial charge in [0.2, 0.25) is 0 Å². The van der Waals surface area contributed by atoms with E-state index in [2.05, 4.69) is 57.9 Å². The van der Waals surface area contributed by atoms with Crippen LogP contribution in [0.5, 0.6) is 0 Å². The molecule has 0 spiro atoms. The highest BCUT2D eigenvalue weighted by atomic mass is 14.4. The van der Waals surface area contributed by atoms with Crippen molar-refractivity contribution in [1.82, 2.24) is 0 Å². The highest BCUT2D eigenvalue weighted by molar-refractivity contribution is 6.06. The maximum atomic E-state index is 8.42. The SMILES string of the molecule is C=C=C(CC1=CCC(C(=C)C(C)=CC)C=CC1=N)C(CCC)CCC. The summed E-state index contributed by atoms with van der Waals surface area (Å²) in [6.07, 6.45) is 14.9. The van der Waals surface area contributed by atoms with Crippen molar-refractivity contribution in [3.8, 4) is 0 Å². The van der Waals surface area contributed by atoms with Gasteiger partial charge in [-0.1, -0.05) is 63.6 Å². The average molecular weight is 338 g/mol. The summed E-state index contributed by atoms with van der Waals surface area (Å²) in [4.78, 5) is 0. The molecule has 0 heterocycles. The summed E-state index contributed by atoms with van der Waals surface area (Å²) in [7, 11) is 0. The van der Waals surface area contributed by atoms with Crippen LogP contribution in [0.2, 0.25) is 0 Å². The van der Waals surface area contributed by atoms with Crippen LogP contribution < -0.4 is 0 Å². The van der Waals surface area contributed by atoms with Crippen LogP contribution >= 0.6 is 0 Å². The molecule has 0 saturated heterocycles. The lowest BCUT2D eigenvalue weighted by atomic mass is 9.85. The Hall–Kier alpha value is -1.85. The van der Waals surface area contributed by atoms with Crippen molar-refractivity contribution >= 4 is 5.71 Å². The van der Waals surface area contributed by atoms with Gasteiger partial charge < -0.3 is 5.41 Å². The first-order chi connectivity index (χ1) is 12.0. The molecule has 25 heavy (non-hydrogen) atoms. The summed E-state index contributed by atoms with van der Waals surface area (Å²) < 4.78 is 0. The molecule has 0 fully saturated rings. The Morgan fingerprint density at radius 1 is 1.36 bits per heavy atom. The van der Waals surface area contributed by atoms with Crippen LogP contribution in [0, 0.1) is 17.2 Å². The maximum Gasteiger partial charge on any atom is 0.0569 e. The first-order valence-electron chi connectivity index (χ1n) is 9.65. The third-order valence-electron chi connectivity index (χ3n) is 5.22. The number of rotatable bonds is 9. The monoisotopic (exact) mass is 337 g/mol. The Labute approximate surface area is 155 Å². The molecule has 1 rings (SSSR count). The molecule has 0 bridgehead atoms. The van der Waals surface area contributed by atoms with Crippen LogP contribution in [0.25, 0.3) is 0 Å². The highest BCUT2D eigenvalue weighted by Crippen LogP contribution is 2.31. The van der Waals surface area contributed by atoms with Gasteiger partial charge in [0.15, 0.2) is 0 Å². The molecule has 136 valence electrons. The second-order valence-electron chi connectivity index (χ2n) is 6.99. The summed E-state index contributed by atoms with van der Waals surface area (Å²) in [6, 6.07) is 0. The summed E-state index contributed by atoms with van der Waals surface area (Å²) in [6.45, 7) is 16.8. The van der Waals surface area contributed by atoms with Crippen LogP contribution in [0.1, 0.15) is 66.2 Å². The number of hydrogen-bond donors (Lipinski definition) is 1. The van der Waals surface area contributed by atoms with Gasteiger partial charge >= 0.3 is 0 Å². The van der Waals surface area contributed by atoms with Crippen molar-refractivity contribution in [2.75, 3.05) is 0 Å². The fraction of sp³-hybridized carbons (Fsp3) is 0.500. The summed E-state index contributed by atoms with van der Waals surface area (Å²) in [5, 5.41) is 8.42. The number of allylic oxidation sites excluding steroid dienone is 8. The number of nitrogens with one attached hydrogen (secondary N) is 1. The van der Waals surface area contributed by atoms with E-state index in [1.54, 1.807) is 0 Å². The molecule has 1 aliphatic rings. The van der Waals surface area contributed by atoms with Gasteiger partial charge in [0, 0.05) is 12.3 Å². The van der Waals surface area contributed by atoms with Crippen LogP contribution in [0.3, 0.4) is 0 Å². The third-order valence-corrected chi connectivity index (χ3v) is 5.22. The van der Waals surface area contributed by atoms with Crippen LogP contribution in [-0.2, 0) is 0 Å². The first-order valence-corrected chi connectivity index (χ1v) is 9.65. The standard InChI is InChI=1S/C24H35N/c1-7-11-22(12-8-2)20(10-4)17-23-14-13-21(15-16-24(23)25)19(6)18(5)9-3/h9,14-16,21-22,25H,4,6-8,11-13,17H2,1-3,5H3. The number of hydrogen-bond acceptors (Lipinski definition) is 1. The average Bonchev–Trinajstić information content (AvgIpc) is 2.80. The molecule has 1 heteroatoms. The van der Waals surface area contributed by atoms with Gasteiger partial charge in [0.1, 0.15) is 0 Å². The molecular weight excluding hydrogens is 302 g/mol. The third kappa shape index (κ3) is 6.18. The fourth-order valence-corrected chi connectivity index (χ4v) is 3.43. The van der Waals surface area contributed by atoms with E-state index >= 15 is 0 Å². The smallest absolute Gasteiger partial charge is 0.0569 e. The van der Waals surface area contributed by atoms with E-state index in [1.807, 2.05) is 13.0 Å². The Balaban J connectivity index is 2.96. The van der Waals surface area contributed by atoms with E-state index in [0.29, 0.717) is 11.6 Å². The van der Waals surface area contributed by atoms with Gasteiger partial charge in [-0.05, 0) is 61.8 Å². The lowest BCUT2D eigenvalue weighted by molar-refractivity contribution is 0.497. The minimum Gasteiger partial charge on any atom is -0.301 e. The first kappa shape index (κ1) is 21.2. The fourth-order valence-electron chi connectivity index (χ4n) is 3.43. The van der Waals surface area contributed by atoms with Crippen molar-refractivity contribution in [3.05, 3.63) is 65.5 Å². The van der Waals surface area contributed by atoms with Gasteiger partial charge in [-0.25, -0.2) is 0 Å². The molecule has 1 unspecified atom stereocenters. The van der Waals surface area contributed by atoms with Crippen LogP contribution in [0.15, 0.2) is 65.5 Å². The lowest BCUT2D eigenvalue weighted by Gasteiger charge is -2.19. The highest BCUT2D eigenvalue weighted by Gasteiger charge is 2.18. The Morgan fingerprint density at radius 2 is 2.00 bits per heavy atom. The second kappa shape index (κ2) is 10.9. The zero-order valence-corrected chi connectivity index (χ0v) is 16.6. The predicted molar refractivity (Wildman–Crippen MR) is 112 cm³/mol. The van der Waals surface area contributed by atoms with Crippen molar-refractivity contribution in [1.29, 1.82) is 5.41 Å². The van der Waals surface area contributed by atoms with Crippen LogP contribution in [0.4, 0.5) is 0 Å². The molecule has 0 aromatic carbocycles. The van der Waals surface area contributed by atoms with Gasteiger partial charge in [0.05, 0.1) is 5.71 Å². The molecule has 1 atom stereocenters. The van der Waals surface area contributed by atoms with Crippen molar-refractivity contribution in [2.45, 2.75) is 66.2 Å². The molecule has 0 aromatic heterocycles. The second-order valence-corrected chi connectivity index (χ2v) is 6.99. The molecule has 1 aliphatic carbocycles. The largest absolute Gasteiger partial charge is 0.301 e. The van der Waals surface area contributed by atoms with Crippen molar-refractivity contribution in [2.24, 2.45) is 11.8 Å². The van der Waals surface area contributed by atoms with Gasteiger partial charge in [-0.3, -0.25) is 0 Å².